The van der Waals surface area contributed by atoms with Gasteiger partial charge in [-0.15, -0.1) is 11.3 Å². The molecule has 0 aliphatic carbocycles. The number of nitrogens with zero attached hydrogens (tertiary/aromatic N) is 2. The minimum absolute atomic E-state index is 0.00654. The molecule has 2 aromatic heterocycles. The zero-order valence-electron chi connectivity index (χ0n) is 18.9. The van der Waals surface area contributed by atoms with Crippen molar-refractivity contribution in [1.29, 1.82) is 0 Å². The molecule has 0 fully saturated rings. The van der Waals surface area contributed by atoms with E-state index in [0.717, 1.165) is 33.1 Å². The van der Waals surface area contributed by atoms with E-state index in [1.54, 1.807) is 25.6 Å². The number of methoxy groups -OCH3 is 2. The fourth-order valence-electron chi connectivity index (χ4n) is 3.16. The molecule has 6 nitrogen and oxygen atoms in total. The molecule has 1 amide bonds. The van der Waals surface area contributed by atoms with Crippen molar-refractivity contribution in [1.82, 2.24) is 15.3 Å². The number of thiophene rings is 1. The number of carbonyl (C=O) groups excluding carboxylic acids is 1. The van der Waals surface area contributed by atoms with Gasteiger partial charge in [0.1, 0.15) is 15.7 Å². The molecule has 0 atom stereocenters. The summed E-state index contributed by atoms with van der Waals surface area (Å²) in [6, 6.07) is 5.80. The molecule has 0 aliphatic heterocycles. The number of nitrogens with one attached hydrogen (secondary N) is 1. The minimum Gasteiger partial charge on any atom is -0.493 e. The average molecular weight is 460 g/mol. The molecule has 2 heterocycles. The Balaban J connectivity index is 1.61. The molecule has 0 saturated heterocycles. The highest BCUT2D eigenvalue weighted by Gasteiger charge is 2.17. The summed E-state index contributed by atoms with van der Waals surface area (Å²) < 4.78 is 10.6. The van der Waals surface area contributed by atoms with Crippen molar-refractivity contribution >= 4 is 39.2 Å². The number of aromatic nitrogens is 2. The van der Waals surface area contributed by atoms with Gasteiger partial charge in [0.2, 0.25) is 5.91 Å². The van der Waals surface area contributed by atoms with E-state index >= 15 is 0 Å². The molecule has 0 saturated carbocycles. The highest BCUT2D eigenvalue weighted by molar-refractivity contribution is 8.00. The number of benzene rings is 1. The first-order valence-corrected chi connectivity index (χ1v) is 12.0. The minimum atomic E-state index is -0.00654. The summed E-state index contributed by atoms with van der Waals surface area (Å²) >= 11 is 3.17. The second-order valence-corrected chi connectivity index (χ2v) is 9.75. The number of fused-ring (bicyclic) bond motifs is 1. The van der Waals surface area contributed by atoms with E-state index in [2.05, 4.69) is 33.0 Å². The largest absolute Gasteiger partial charge is 0.493 e. The average Bonchev–Trinajstić information content (AvgIpc) is 3.05. The van der Waals surface area contributed by atoms with E-state index in [-0.39, 0.29) is 11.8 Å². The van der Waals surface area contributed by atoms with Crippen LogP contribution in [0.4, 0.5) is 0 Å². The Hall–Kier alpha value is -2.32. The van der Waals surface area contributed by atoms with E-state index in [1.807, 2.05) is 18.2 Å². The molecule has 0 aliphatic rings. The van der Waals surface area contributed by atoms with Crippen LogP contribution in [0.25, 0.3) is 10.2 Å². The number of aryl methyl sites for hydroxylation is 2. The van der Waals surface area contributed by atoms with Crippen LogP contribution < -0.4 is 14.8 Å². The number of carbonyl (C=O) groups is 1. The number of amides is 1. The molecular formula is C23H29N3O3S2. The van der Waals surface area contributed by atoms with Crippen molar-refractivity contribution < 1.29 is 14.3 Å². The van der Waals surface area contributed by atoms with Gasteiger partial charge in [0, 0.05) is 22.7 Å². The third-order valence-corrected chi connectivity index (χ3v) is 7.13. The Morgan fingerprint density at radius 3 is 2.58 bits per heavy atom. The van der Waals surface area contributed by atoms with Gasteiger partial charge in [-0.2, -0.15) is 0 Å². The van der Waals surface area contributed by atoms with Gasteiger partial charge in [-0.1, -0.05) is 31.7 Å². The summed E-state index contributed by atoms with van der Waals surface area (Å²) in [6.45, 7) is 8.93. The van der Waals surface area contributed by atoms with Crippen LogP contribution in [0, 0.1) is 13.8 Å². The Morgan fingerprint density at radius 1 is 1.16 bits per heavy atom. The predicted molar refractivity (Wildman–Crippen MR) is 128 cm³/mol. The summed E-state index contributed by atoms with van der Waals surface area (Å²) in [7, 11) is 3.23. The molecular weight excluding hydrogens is 430 g/mol. The summed E-state index contributed by atoms with van der Waals surface area (Å²) in [5, 5.41) is 4.97. The van der Waals surface area contributed by atoms with E-state index in [1.165, 1.54) is 22.2 Å². The van der Waals surface area contributed by atoms with Crippen molar-refractivity contribution in [2.45, 2.75) is 45.1 Å². The van der Waals surface area contributed by atoms with Crippen LogP contribution in [0.1, 0.15) is 41.6 Å². The molecule has 0 bridgehead atoms. The van der Waals surface area contributed by atoms with Gasteiger partial charge < -0.3 is 14.8 Å². The molecule has 3 aromatic rings. The van der Waals surface area contributed by atoms with Gasteiger partial charge in [-0.25, -0.2) is 9.97 Å². The van der Waals surface area contributed by atoms with Gasteiger partial charge in [0.25, 0.3) is 0 Å². The van der Waals surface area contributed by atoms with Gasteiger partial charge in [0.15, 0.2) is 11.5 Å². The van der Waals surface area contributed by atoms with E-state index in [4.69, 9.17) is 19.4 Å². The van der Waals surface area contributed by atoms with Crippen molar-refractivity contribution in [2.75, 3.05) is 26.5 Å². The van der Waals surface area contributed by atoms with Crippen LogP contribution in [0.5, 0.6) is 11.5 Å². The highest BCUT2D eigenvalue weighted by Crippen LogP contribution is 2.36. The Labute approximate surface area is 191 Å². The molecule has 0 spiro atoms. The van der Waals surface area contributed by atoms with Gasteiger partial charge in [-0.05, 0) is 43.5 Å². The zero-order valence-corrected chi connectivity index (χ0v) is 20.5. The molecule has 0 unspecified atom stereocenters. The van der Waals surface area contributed by atoms with Gasteiger partial charge in [0.05, 0.1) is 20.0 Å². The lowest BCUT2D eigenvalue weighted by Gasteiger charge is -2.11. The van der Waals surface area contributed by atoms with Crippen LogP contribution in [0.2, 0.25) is 0 Å². The van der Waals surface area contributed by atoms with Crippen molar-refractivity contribution in [3.8, 4) is 11.5 Å². The lowest BCUT2D eigenvalue weighted by Crippen LogP contribution is -2.27. The van der Waals surface area contributed by atoms with E-state index < -0.39 is 0 Å². The van der Waals surface area contributed by atoms with Gasteiger partial charge in [-0.3, -0.25) is 4.79 Å². The van der Waals surface area contributed by atoms with Gasteiger partial charge >= 0.3 is 0 Å². The molecule has 3 rings (SSSR count). The first-order chi connectivity index (χ1) is 14.8. The van der Waals surface area contributed by atoms with Crippen LogP contribution in [0.3, 0.4) is 0 Å². The monoisotopic (exact) mass is 459 g/mol. The normalized spacial score (nSPS) is 11.2. The topological polar surface area (TPSA) is 73.3 Å². The number of thioether (sulfide) groups is 1. The number of hydrogen-bond donors (Lipinski definition) is 1. The smallest absolute Gasteiger partial charge is 0.230 e. The fourth-order valence-corrected chi connectivity index (χ4v) is 5.18. The first-order valence-electron chi connectivity index (χ1n) is 10.2. The molecule has 166 valence electrons. The second kappa shape index (κ2) is 10.3. The van der Waals surface area contributed by atoms with Crippen LogP contribution in [0.15, 0.2) is 23.2 Å². The third-order valence-electron chi connectivity index (χ3n) is 5.05. The van der Waals surface area contributed by atoms with Crippen molar-refractivity contribution in [2.24, 2.45) is 0 Å². The van der Waals surface area contributed by atoms with Crippen molar-refractivity contribution in [3.63, 3.8) is 0 Å². The Morgan fingerprint density at radius 2 is 1.90 bits per heavy atom. The van der Waals surface area contributed by atoms with Crippen molar-refractivity contribution in [3.05, 3.63) is 40.0 Å². The maximum atomic E-state index is 12.5. The SMILES string of the molecule is COc1ccc(CCNC(=O)CSc2nc(C(C)C)nc3sc(C)c(C)c23)cc1OC. The van der Waals surface area contributed by atoms with Crippen LogP contribution in [-0.4, -0.2) is 42.4 Å². The third kappa shape index (κ3) is 5.49. The fraction of sp³-hybridized carbons (Fsp3) is 0.435. The molecule has 31 heavy (non-hydrogen) atoms. The molecule has 0 radical (unpaired) electrons. The van der Waals surface area contributed by atoms with Crippen LogP contribution >= 0.6 is 23.1 Å². The standard InChI is InChI=1S/C23H29N3O3S2/c1-13(2)21-25-22(20-14(3)15(4)31-23(20)26-21)30-12-19(27)24-10-9-16-7-8-17(28-5)18(11-16)29-6/h7-8,11,13H,9-10,12H2,1-6H3,(H,24,27). The molecule has 1 aromatic carbocycles. The first kappa shape index (κ1) is 23.3. The quantitative estimate of drug-likeness (QED) is 0.362. The van der Waals surface area contributed by atoms with Crippen LogP contribution in [-0.2, 0) is 11.2 Å². The predicted octanol–water partition coefficient (Wildman–Crippen LogP) is 4.90. The Kier molecular flexibility index (Phi) is 7.78. The summed E-state index contributed by atoms with van der Waals surface area (Å²) in [5.74, 6) is 2.77. The Bertz CT molecular complexity index is 1080. The lowest BCUT2D eigenvalue weighted by atomic mass is 10.1. The molecule has 1 N–H and O–H groups in total. The number of ether oxygens (including phenoxy) is 2. The van der Waals surface area contributed by atoms with E-state index in [0.29, 0.717) is 23.8 Å². The maximum absolute atomic E-state index is 12.5. The second-order valence-electron chi connectivity index (χ2n) is 7.58. The highest BCUT2D eigenvalue weighted by atomic mass is 32.2. The molecule has 8 heteroatoms. The maximum Gasteiger partial charge on any atom is 0.230 e. The van der Waals surface area contributed by atoms with E-state index in [9.17, 15) is 4.79 Å². The zero-order chi connectivity index (χ0) is 22.5. The lowest BCUT2D eigenvalue weighted by molar-refractivity contribution is -0.118. The number of rotatable bonds is 9. The summed E-state index contributed by atoms with van der Waals surface area (Å²) in [5.41, 5.74) is 2.28. The summed E-state index contributed by atoms with van der Waals surface area (Å²) in [6.07, 6.45) is 0.717. The number of hydrogen-bond acceptors (Lipinski definition) is 7. The summed E-state index contributed by atoms with van der Waals surface area (Å²) in [4.78, 5) is 24.2.